The third kappa shape index (κ3) is 5.63. The number of carbonyl (C=O) groups excluding carboxylic acids is 1. The van der Waals surface area contributed by atoms with Gasteiger partial charge in [-0.3, -0.25) is 4.79 Å². The molecule has 186 valence electrons. The zero-order valence-electron chi connectivity index (χ0n) is 20.0. The Balaban J connectivity index is 1.32. The maximum Gasteiger partial charge on any atom is 0.173 e. The Morgan fingerprint density at radius 1 is 1.29 bits per heavy atom. The van der Waals surface area contributed by atoms with Crippen LogP contribution in [0.3, 0.4) is 0 Å². The molecule has 7 nitrogen and oxygen atoms in total. The quantitative estimate of drug-likeness (QED) is 0.292. The number of halogens is 1. The van der Waals surface area contributed by atoms with E-state index in [1.54, 1.807) is 6.07 Å². The Hall–Kier alpha value is -2.62. The van der Waals surface area contributed by atoms with Gasteiger partial charge in [-0.15, -0.1) is 11.3 Å². The first-order chi connectivity index (χ1) is 17.1. The second kappa shape index (κ2) is 11.0. The Morgan fingerprint density at radius 3 is 2.94 bits per heavy atom. The van der Waals surface area contributed by atoms with Crippen molar-refractivity contribution in [1.82, 2.24) is 14.9 Å². The van der Waals surface area contributed by atoms with Crippen molar-refractivity contribution in [2.24, 2.45) is 0 Å². The molecule has 0 saturated carbocycles. The van der Waals surface area contributed by atoms with Crippen LogP contribution in [0.25, 0.3) is 10.2 Å². The van der Waals surface area contributed by atoms with E-state index in [1.807, 2.05) is 6.92 Å². The highest BCUT2D eigenvalue weighted by Gasteiger charge is 2.22. The summed E-state index contributed by atoms with van der Waals surface area (Å²) in [7, 11) is 0. The standard InChI is InChI=1S/C26H31FN4O3S/c1-17-23-25(30-20-8-7-18(27)14-22(20)34-19-9-13-33-15-19)28-16-29-26(23)35-24(17)21(32)6-2-3-10-31-11-4-5-12-31/h7-8,14,16,19H,2-6,9-13,15H2,1H3,(H,28,29,30)/t19-/m1/s1. The number of rotatable bonds is 10. The number of hydrogen-bond donors (Lipinski definition) is 1. The molecule has 9 heteroatoms. The van der Waals surface area contributed by atoms with Crippen molar-refractivity contribution in [3.05, 3.63) is 40.8 Å². The van der Waals surface area contributed by atoms with Gasteiger partial charge in [-0.25, -0.2) is 14.4 Å². The number of aromatic nitrogens is 2. The molecule has 2 aliphatic heterocycles. The van der Waals surface area contributed by atoms with Gasteiger partial charge in [0.2, 0.25) is 0 Å². The average molecular weight is 499 g/mol. The van der Waals surface area contributed by atoms with E-state index in [2.05, 4.69) is 20.2 Å². The van der Waals surface area contributed by atoms with Crippen molar-refractivity contribution in [2.75, 3.05) is 38.2 Å². The summed E-state index contributed by atoms with van der Waals surface area (Å²) in [6, 6.07) is 4.40. The van der Waals surface area contributed by atoms with Crippen molar-refractivity contribution in [3.8, 4) is 5.75 Å². The maximum absolute atomic E-state index is 14.0. The van der Waals surface area contributed by atoms with Gasteiger partial charge < -0.3 is 19.7 Å². The third-order valence-electron chi connectivity index (χ3n) is 6.69. The number of hydrogen-bond acceptors (Lipinski definition) is 8. The number of nitrogens with zero attached hydrogens (tertiary/aromatic N) is 3. The maximum atomic E-state index is 14.0. The summed E-state index contributed by atoms with van der Waals surface area (Å²) in [5, 5.41) is 4.12. The number of ether oxygens (including phenoxy) is 2. The van der Waals surface area contributed by atoms with Crippen molar-refractivity contribution in [1.29, 1.82) is 0 Å². The van der Waals surface area contributed by atoms with E-state index in [1.165, 1.54) is 55.7 Å². The van der Waals surface area contributed by atoms with Crippen LogP contribution >= 0.6 is 11.3 Å². The molecular weight excluding hydrogens is 467 g/mol. The fourth-order valence-electron chi connectivity index (χ4n) is 4.78. The average Bonchev–Trinajstić information content (AvgIpc) is 3.61. The topological polar surface area (TPSA) is 76.6 Å². The first-order valence-electron chi connectivity index (χ1n) is 12.4. The number of benzene rings is 1. The monoisotopic (exact) mass is 498 g/mol. The van der Waals surface area contributed by atoms with E-state index >= 15 is 0 Å². The molecule has 2 aromatic heterocycles. The Morgan fingerprint density at radius 2 is 2.14 bits per heavy atom. The molecule has 0 bridgehead atoms. The second-order valence-electron chi connectivity index (χ2n) is 9.26. The van der Waals surface area contributed by atoms with Gasteiger partial charge in [-0.2, -0.15) is 0 Å². The Labute approximate surface area is 208 Å². The van der Waals surface area contributed by atoms with Gasteiger partial charge in [0.15, 0.2) is 5.78 Å². The van der Waals surface area contributed by atoms with Gasteiger partial charge in [0.25, 0.3) is 0 Å². The molecule has 0 unspecified atom stereocenters. The normalized spacial score (nSPS) is 18.4. The Kier molecular flexibility index (Phi) is 7.55. The number of Topliss-reactive ketones (excluding diaryl/α,β-unsaturated/α-hetero) is 1. The largest absolute Gasteiger partial charge is 0.486 e. The summed E-state index contributed by atoms with van der Waals surface area (Å²) >= 11 is 1.41. The minimum atomic E-state index is -0.373. The SMILES string of the molecule is Cc1c(C(=O)CCCCN2CCCC2)sc2ncnc(Nc3ccc(F)cc3O[C@@H]3CCOC3)c12. The van der Waals surface area contributed by atoms with E-state index < -0.39 is 0 Å². The van der Waals surface area contributed by atoms with Gasteiger partial charge in [-0.1, -0.05) is 0 Å². The predicted octanol–water partition coefficient (Wildman–Crippen LogP) is 5.50. The highest BCUT2D eigenvalue weighted by molar-refractivity contribution is 7.20. The molecule has 2 fully saturated rings. The summed E-state index contributed by atoms with van der Waals surface area (Å²) in [5.74, 6) is 0.775. The van der Waals surface area contributed by atoms with Gasteiger partial charge in [-0.05, 0) is 69.9 Å². The molecule has 4 heterocycles. The molecule has 5 rings (SSSR count). The lowest BCUT2D eigenvalue weighted by Crippen LogP contribution is -2.20. The molecule has 1 atom stereocenters. The smallest absolute Gasteiger partial charge is 0.173 e. The fourth-order valence-corrected chi connectivity index (χ4v) is 5.90. The lowest BCUT2D eigenvalue weighted by Gasteiger charge is -2.17. The minimum Gasteiger partial charge on any atom is -0.486 e. The van der Waals surface area contributed by atoms with Crippen LogP contribution in [-0.4, -0.2) is 59.6 Å². The van der Waals surface area contributed by atoms with E-state index in [-0.39, 0.29) is 17.7 Å². The third-order valence-corrected chi connectivity index (χ3v) is 7.93. The molecule has 1 aromatic carbocycles. The number of fused-ring (bicyclic) bond motifs is 1. The van der Waals surface area contributed by atoms with Crippen molar-refractivity contribution < 1.29 is 18.7 Å². The molecule has 35 heavy (non-hydrogen) atoms. The van der Waals surface area contributed by atoms with E-state index in [0.717, 1.165) is 46.5 Å². The van der Waals surface area contributed by atoms with Crippen LogP contribution < -0.4 is 10.1 Å². The van der Waals surface area contributed by atoms with Crippen molar-refractivity contribution >= 4 is 38.8 Å². The predicted molar refractivity (Wildman–Crippen MR) is 136 cm³/mol. The number of likely N-dealkylation sites (tertiary alicyclic amines) is 1. The van der Waals surface area contributed by atoms with Gasteiger partial charge >= 0.3 is 0 Å². The number of unbranched alkanes of at least 4 members (excludes halogenated alkanes) is 1. The molecular formula is C26H31FN4O3S. The summed E-state index contributed by atoms with van der Waals surface area (Å²) in [6.07, 6.45) is 7.19. The summed E-state index contributed by atoms with van der Waals surface area (Å²) in [4.78, 5) is 25.9. The fraction of sp³-hybridized carbons (Fsp3) is 0.500. The number of carbonyl (C=O) groups is 1. The molecule has 0 spiro atoms. The first-order valence-corrected chi connectivity index (χ1v) is 13.2. The molecule has 0 aliphatic carbocycles. The van der Waals surface area contributed by atoms with E-state index in [0.29, 0.717) is 36.9 Å². The van der Waals surface area contributed by atoms with E-state index in [9.17, 15) is 9.18 Å². The minimum absolute atomic E-state index is 0.111. The molecule has 2 aliphatic rings. The highest BCUT2D eigenvalue weighted by atomic mass is 32.1. The number of thiophene rings is 1. The Bertz CT molecular complexity index is 1190. The summed E-state index contributed by atoms with van der Waals surface area (Å²) in [5.41, 5.74) is 1.49. The molecule has 1 N–H and O–H groups in total. The van der Waals surface area contributed by atoms with Crippen LogP contribution in [0.4, 0.5) is 15.9 Å². The zero-order valence-corrected chi connectivity index (χ0v) is 20.8. The summed E-state index contributed by atoms with van der Waals surface area (Å²) < 4.78 is 25.4. The highest BCUT2D eigenvalue weighted by Crippen LogP contribution is 2.37. The van der Waals surface area contributed by atoms with Crippen LogP contribution in [0.5, 0.6) is 5.75 Å². The van der Waals surface area contributed by atoms with Crippen molar-refractivity contribution in [3.63, 3.8) is 0 Å². The van der Waals surface area contributed by atoms with Gasteiger partial charge in [0.05, 0.1) is 29.2 Å². The lowest BCUT2D eigenvalue weighted by molar-refractivity contribution is 0.0981. The number of anilines is 2. The van der Waals surface area contributed by atoms with E-state index in [4.69, 9.17) is 9.47 Å². The van der Waals surface area contributed by atoms with Crippen LogP contribution in [0, 0.1) is 12.7 Å². The van der Waals surface area contributed by atoms with Crippen LogP contribution in [0.2, 0.25) is 0 Å². The zero-order chi connectivity index (χ0) is 24.2. The van der Waals surface area contributed by atoms with Crippen molar-refractivity contribution in [2.45, 2.75) is 51.6 Å². The van der Waals surface area contributed by atoms with Gasteiger partial charge in [0.1, 0.15) is 34.6 Å². The van der Waals surface area contributed by atoms with Crippen LogP contribution in [0.1, 0.15) is 53.8 Å². The lowest BCUT2D eigenvalue weighted by atomic mass is 10.1. The second-order valence-corrected chi connectivity index (χ2v) is 10.3. The number of aryl methyl sites for hydroxylation is 1. The van der Waals surface area contributed by atoms with Crippen LogP contribution in [0.15, 0.2) is 24.5 Å². The first kappa shape index (κ1) is 24.1. The molecule has 3 aromatic rings. The molecule has 0 amide bonds. The number of ketones is 1. The van der Waals surface area contributed by atoms with Gasteiger partial charge in [0, 0.05) is 18.9 Å². The number of nitrogens with one attached hydrogen (secondary N) is 1. The summed E-state index contributed by atoms with van der Waals surface area (Å²) in [6.45, 7) is 6.52. The van der Waals surface area contributed by atoms with Crippen LogP contribution in [-0.2, 0) is 4.74 Å². The molecule has 2 saturated heterocycles. The molecule has 0 radical (unpaired) electrons.